The number of imidazole rings is 1. The first-order valence-electron chi connectivity index (χ1n) is 8.44. The molecule has 1 aromatic carbocycles. The van der Waals surface area contributed by atoms with Gasteiger partial charge in [0.25, 0.3) is 0 Å². The summed E-state index contributed by atoms with van der Waals surface area (Å²) in [6.07, 6.45) is 3.46. The summed E-state index contributed by atoms with van der Waals surface area (Å²) in [4.78, 5) is 27.2. The molecule has 1 aliphatic carbocycles. The SMILES string of the molecule is CCc1ccccc1OCC1CCCc2c1nc1oc(=O)c(=O)on21. The lowest BCUT2D eigenvalue weighted by Gasteiger charge is -2.21. The Morgan fingerprint density at radius 3 is 2.96 bits per heavy atom. The molecule has 1 aliphatic rings. The summed E-state index contributed by atoms with van der Waals surface area (Å²) in [5.41, 5.74) is 0.644. The Hall–Kier alpha value is -2.83. The molecular formula is C18H18N2O5. The normalized spacial score (nSPS) is 16.8. The molecule has 1 atom stereocenters. The third kappa shape index (κ3) is 2.75. The van der Waals surface area contributed by atoms with E-state index in [9.17, 15) is 9.59 Å². The standard InChI is InChI=1S/C18H18N2O5/c1-2-11-6-3-4-9-14(11)23-10-12-7-5-8-13-15(12)19-18-20(13)25-17(22)16(21)24-18/h3-4,6,9,12H,2,5,7-8,10H2,1H3. The number of rotatable bonds is 4. The minimum atomic E-state index is -1.04. The molecule has 2 aromatic heterocycles. The molecule has 0 saturated carbocycles. The number of aromatic nitrogens is 2. The van der Waals surface area contributed by atoms with Gasteiger partial charge in [-0.25, -0.2) is 9.59 Å². The number of para-hydroxylation sites is 1. The Labute approximate surface area is 142 Å². The predicted octanol–water partition coefficient (Wildman–Crippen LogP) is 2.30. The van der Waals surface area contributed by atoms with Crippen LogP contribution in [0.1, 0.15) is 42.6 Å². The molecule has 25 heavy (non-hydrogen) atoms. The van der Waals surface area contributed by atoms with Gasteiger partial charge in [0.05, 0.1) is 18.0 Å². The smallest absolute Gasteiger partial charge is 0.442 e. The van der Waals surface area contributed by atoms with Crippen LogP contribution < -0.4 is 16.0 Å². The summed E-state index contributed by atoms with van der Waals surface area (Å²) < 4.78 is 17.2. The second-order valence-electron chi connectivity index (χ2n) is 6.15. The molecule has 0 saturated heterocycles. The fourth-order valence-electron chi connectivity index (χ4n) is 3.33. The number of ether oxygens (including phenoxy) is 1. The Balaban J connectivity index is 1.65. The molecule has 7 nitrogen and oxygen atoms in total. The zero-order valence-corrected chi connectivity index (χ0v) is 13.9. The first-order valence-corrected chi connectivity index (χ1v) is 8.44. The van der Waals surface area contributed by atoms with E-state index in [0.29, 0.717) is 6.61 Å². The van der Waals surface area contributed by atoms with Gasteiger partial charge in [0, 0.05) is 5.92 Å². The van der Waals surface area contributed by atoms with Crippen LogP contribution in [0.2, 0.25) is 0 Å². The van der Waals surface area contributed by atoms with Gasteiger partial charge in [0.15, 0.2) is 0 Å². The maximum absolute atomic E-state index is 11.4. The van der Waals surface area contributed by atoms with Crippen molar-refractivity contribution < 1.29 is 13.7 Å². The third-order valence-electron chi connectivity index (χ3n) is 4.60. The number of aryl methyl sites for hydroxylation is 2. The highest BCUT2D eigenvalue weighted by Crippen LogP contribution is 2.32. The van der Waals surface area contributed by atoms with Crippen molar-refractivity contribution in [1.82, 2.24) is 9.56 Å². The highest BCUT2D eigenvalue weighted by molar-refractivity contribution is 5.35. The topological polar surface area (TPSA) is 87.0 Å². The zero-order chi connectivity index (χ0) is 17.4. The molecule has 3 aromatic rings. The van der Waals surface area contributed by atoms with Crippen molar-refractivity contribution in [2.45, 2.75) is 38.5 Å². The average molecular weight is 342 g/mol. The van der Waals surface area contributed by atoms with E-state index in [4.69, 9.17) is 13.7 Å². The van der Waals surface area contributed by atoms with Crippen molar-refractivity contribution in [1.29, 1.82) is 0 Å². The van der Waals surface area contributed by atoms with Crippen molar-refractivity contribution >= 4 is 5.84 Å². The summed E-state index contributed by atoms with van der Waals surface area (Å²) in [6.45, 7) is 2.56. The summed E-state index contributed by atoms with van der Waals surface area (Å²) in [7, 11) is 0. The van der Waals surface area contributed by atoms with E-state index in [2.05, 4.69) is 18.0 Å². The van der Waals surface area contributed by atoms with Gasteiger partial charge < -0.3 is 13.7 Å². The van der Waals surface area contributed by atoms with Crippen molar-refractivity contribution in [2.24, 2.45) is 0 Å². The van der Waals surface area contributed by atoms with Crippen LogP contribution in [-0.4, -0.2) is 16.2 Å². The largest absolute Gasteiger partial charge is 0.493 e. The van der Waals surface area contributed by atoms with Gasteiger partial charge in [-0.05, 0) is 37.3 Å². The molecule has 0 radical (unpaired) electrons. The van der Waals surface area contributed by atoms with Gasteiger partial charge in [0.2, 0.25) is 0 Å². The second kappa shape index (κ2) is 6.23. The summed E-state index contributed by atoms with van der Waals surface area (Å²) >= 11 is 0. The van der Waals surface area contributed by atoms with Crippen LogP contribution >= 0.6 is 0 Å². The third-order valence-corrected chi connectivity index (χ3v) is 4.60. The molecule has 2 heterocycles. The Morgan fingerprint density at radius 1 is 1.28 bits per heavy atom. The molecule has 0 spiro atoms. The Morgan fingerprint density at radius 2 is 2.12 bits per heavy atom. The van der Waals surface area contributed by atoms with E-state index >= 15 is 0 Å². The van der Waals surface area contributed by atoms with Crippen LogP contribution in [0, 0.1) is 0 Å². The number of hydrogen-bond donors (Lipinski definition) is 0. The quantitative estimate of drug-likeness (QED) is 0.676. The molecule has 130 valence electrons. The fraction of sp³-hybridized carbons (Fsp3) is 0.389. The maximum Gasteiger partial charge on any atom is 0.442 e. The lowest BCUT2D eigenvalue weighted by molar-refractivity contribution is 0.255. The zero-order valence-electron chi connectivity index (χ0n) is 13.9. The van der Waals surface area contributed by atoms with E-state index in [1.807, 2.05) is 18.2 Å². The molecular weight excluding hydrogens is 324 g/mol. The Bertz CT molecular complexity index is 1030. The molecule has 0 aliphatic heterocycles. The van der Waals surface area contributed by atoms with Crippen LogP contribution in [0.3, 0.4) is 0 Å². The molecule has 0 fully saturated rings. The lowest BCUT2D eigenvalue weighted by atomic mass is 9.90. The van der Waals surface area contributed by atoms with Gasteiger partial charge in [-0.2, -0.15) is 4.98 Å². The van der Waals surface area contributed by atoms with Gasteiger partial charge in [-0.15, -0.1) is 4.57 Å². The molecule has 0 amide bonds. The van der Waals surface area contributed by atoms with Crippen LogP contribution in [0.15, 0.2) is 42.8 Å². The summed E-state index contributed by atoms with van der Waals surface area (Å²) in [5, 5.41) is 0. The lowest BCUT2D eigenvalue weighted by Crippen LogP contribution is -2.24. The predicted molar refractivity (Wildman–Crippen MR) is 89.3 cm³/mol. The minimum Gasteiger partial charge on any atom is -0.493 e. The first-order chi connectivity index (χ1) is 12.2. The van der Waals surface area contributed by atoms with Crippen LogP contribution in [-0.2, 0) is 12.8 Å². The van der Waals surface area contributed by atoms with Gasteiger partial charge in [-0.1, -0.05) is 25.1 Å². The van der Waals surface area contributed by atoms with E-state index in [-0.39, 0.29) is 11.8 Å². The number of hydrogen-bond acceptors (Lipinski definition) is 6. The summed E-state index contributed by atoms with van der Waals surface area (Å²) in [5.74, 6) is 0.957. The highest BCUT2D eigenvalue weighted by atomic mass is 16.6. The van der Waals surface area contributed by atoms with Crippen LogP contribution in [0.5, 0.6) is 5.75 Å². The van der Waals surface area contributed by atoms with E-state index < -0.39 is 11.3 Å². The monoisotopic (exact) mass is 342 g/mol. The molecule has 7 heteroatoms. The molecule has 0 N–H and O–H groups in total. The molecule has 4 rings (SSSR count). The van der Waals surface area contributed by atoms with Crippen molar-refractivity contribution in [3.63, 3.8) is 0 Å². The number of nitrogens with zero attached hydrogens (tertiary/aromatic N) is 2. The van der Waals surface area contributed by atoms with Crippen LogP contribution in [0.4, 0.5) is 0 Å². The highest BCUT2D eigenvalue weighted by Gasteiger charge is 2.28. The summed E-state index contributed by atoms with van der Waals surface area (Å²) in [6, 6.07) is 7.96. The minimum absolute atomic E-state index is 0.0236. The van der Waals surface area contributed by atoms with Crippen molar-refractivity contribution in [3.8, 4) is 5.75 Å². The molecule has 0 bridgehead atoms. The average Bonchev–Trinajstić information content (AvgIpc) is 2.98. The molecule has 1 unspecified atom stereocenters. The second-order valence-corrected chi connectivity index (χ2v) is 6.15. The van der Waals surface area contributed by atoms with Crippen molar-refractivity contribution in [2.75, 3.05) is 6.61 Å². The first kappa shape index (κ1) is 15.7. The van der Waals surface area contributed by atoms with Crippen molar-refractivity contribution in [3.05, 3.63) is 62.1 Å². The van der Waals surface area contributed by atoms with Gasteiger partial charge >= 0.3 is 17.1 Å². The van der Waals surface area contributed by atoms with E-state index in [1.165, 1.54) is 4.57 Å². The maximum atomic E-state index is 11.4. The van der Waals surface area contributed by atoms with Gasteiger partial charge in [-0.3, -0.25) is 0 Å². The number of fused-ring (bicyclic) bond motifs is 3. The van der Waals surface area contributed by atoms with E-state index in [1.54, 1.807) is 0 Å². The van der Waals surface area contributed by atoms with Crippen LogP contribution in [0.25, 0.3) is 5.84 Å². The fourth-order valence-corrected chi connectivity index (χ4v) is 3.33. The number of benzene rings is 1. The van der Waals surface area contributed by atoms with E-state index in [0.717, 1.165) is 48.4 Å². The van der Waals surface area contributed by atoms with Gasteiger partial charge in [0.1, 0.15) is 5.75 Å². The Kier molecular flexibility index (Phi) is 3.91.